The third kappa shape index (κ3) is 2.87. The second-order valence-electron chi connectivity index (χ2n) is 12.8. The van der Waals surface area contributed by atoms with Gasteiger partial charge < -0.3 is 4.74 Å². The van der Waals surface area contributed by atoms with Gasteiger partial charge in [0.2, 0.25) is 0 Å². The lowest BCUT2D eigenvalue weighted by Gasteiger charge is -2.40. The predicted octanol–water partition coefficient (Wildman–Crippen LogP) is 11.8. The summed E-state index contributed by atoms with van der Waals surface area (Å²) in [4.78, 5) is 0. The van der Waals surface area contributed by atoms with E-state index in [1.54, 1.807) is 0 Å². The van der Waals surface area contributed by atoms with Gasteiger partial charge in [0.1, 0.15) is 11.5 Å². The highest BCUT2D eigenvalue weighted by Crippen LogP contribution is 2.62. The van der Waals surface area contributed by atoms with Crippen molar-refractivity contribution in [2.45, 2.75) is 5.41 Å². The molecule has 8 aromatic rings. The molecule has 46 heavy (non-hydrogen) atoms. The molecule has 0 bridgehead atoms. The van der Waals surface area contributed by atoms with Crippen LogP contribution in [0.5, 0.6) is 11.5 Å². The second-order valence-corrected chi connectivity index (χ2v) is 12.8. The number of hydrogen-bond donors (Lipinski definition) is 0. The van der Waals surface area contributed by atoms with Crippen LogP contribution in [0.25, 0.3) is 66.1 Å². The van der Waals surface area contributed by atoms with Crippen LogP contribution in [0.3, 0.4) is 0 Å². The minimum Gasteiger partial charge on any atom is -0.455 e. The summed E-state index contributed by atoms with van der Waals surface area (Å²) in [7, 11) is 0. The second kappa shape index (κ2) is 8.62. The van der Waals surface area contributed by atoms with Gasteiger partial charge in [-0.1, -0.05) is 140 Å². The molecule has 1 atom stereocenters. The normalized spacial score (nSPS) is 16.1. The summed E-state index contributed by atoms with van der Waals surface area (Å²) in [6.45, 7) is 0. The van der Waals surface area contributed by atoms with E-state index in [0.29, 0.717) is 0 Å². The summed E-state index contributed by atoms with van der Waals surface area (Å²) in [5.41, 5.74) is 14.8. The Hall–Kier alpha value is -5.92. The quantitative estimate of drug-likeness (QED) is 0.187. The van der Waals surface area contributed by atoms with Gasteiger partial charge in [-0.25, -0.2) is 0 Å². The molecule has 212 valence electrons. The molecule has 0 saturated heterocycles. The predicted molar refractivity (Wildman–Crippen MR) is 189 cm³/mol. The average molecular weight is 583 g/mol. The van der Waals surface area contributed by atoms with Gasteiger partial charge in [0.15, 0.2) is 0 Å². The molecule has 1 heteroatoms. The van der Waals surface area contributed by atoms with Crippen molar-refractivity contribution in [3.05, 3.63) is 180 Å². The van der Waals surface area contributed by atoms with E-state index in [-0.39, 0.29) is 0 Å². The Labute approximate surface area is 267 Å². The van der Waals surface area contributed by atoms with E-state index in [0.717, 1.165) is 22.6 Å². The maximum Gasteiger partial charge on any atom is 0.143 e. The first-order valence-electron chi connectivity index (χ1n) is 16.0. The van der Waals surface area contributed by atoms with Crippen molar-refractivity contribution in [1.29, 1.82) is 0 Å². The Kier molecular flexibility index (Phi) is 4.57. The van der Waals surface area contributed by atoms with Gasteiger partial charge in [0.25, 0.3) is 0 Å². The van der Waals surface area contributed by atoms with Crippen LogP contribution >= 0.6 is 0 Å². The molecule has 0 N–H and O–H groups in total. The molecular formula is C45H26O. The Balaban J connectivity index is 1.25. The van der Waals surface area contributed by atoms with Gasteiger partial charge in [-0.2, -0.15) is 0 Å². The molecule has 0 saturated carbocycles. The molecule has 1 heterocycles. The third-order valence-corrected chi connectivity index (χ3v) is 10.7. The van der Waals surface area contributed by atoms with Gasteiger partial charge >= 0.3 is 0 Å². The number of para-hydroxylation sites is 1. The highest BCUT2D eigenvalue weighted by atomic mass is 16.5. The Bertz CT molecular complexity index is 2620. The molecule has 0 aromatic heterocycles. The average Bonchev–Trinajstić information content (AvgIpc) is 3.41. The van der Waals surface area contributed by atoms with Crippen LogP contribution in [0.4, 0.5) is 0 Å². The number of benzene rings is 8. The van der Waals surface area contributed by atoms with Gasteiger partial charge in [-0.3, -0.25) is 0 Å². The number of ether oxygens (including phenoxy) is 1. The van der Waals surface area contributed by atoms with Crippen LogP contribution in [0.2, 0.25) is 0 Å². The molecular weight excluding hydrogens is 556 g/mol. The van der Waals surface area contributed by atoms with Gasteiger partial charge in [0.05, 0.1) is 5.41 Å². The largest absolute Gasteiger partial charge is 0.455 e. The minimum absolute atomic E-state index is 0.445. The zero-order valence-electron chi connectivity index (χ0n) is 24.9. The molecule has 1 unspecified atom stereocenters. The van der Waals surface area contributed by atoms with E-state index in [1.165, 1.54) is 77.2 Å². The van der Waals surface area contributed by atoms with Crippen molar-refractivity contribution in [1.82, 2.24) is 0 Å². The lowest BCUT2D eigenvalue weighted by atomic mass is 9.61. The fourth-order valence-corrected chi connectivity index (χ4v) is 8.89. The van der Waals surface area contributed by atoms with Crippen molar-refractivity contribution in [3.63, 3.8) is 0 Å². The van der Waals surface area contributed by atoms with Crippen LogP contribution in [-0.4, -0.2) is 0 Å². The van der Waals surface area contributed by atoms with Gasteiger partial charge in [-0.15, -0.1) is 0 Å². The zero-order chi connectivity index (χ0) is 30.0. The summed E-state index contributed by atoms with van der Waals surface area (Å²) >= 11 is 0. The monoisotopic (exact) mass is 582 g/mol. The van der Waals surface area contributed by atoms with Crippen molar-refractivity contribution in [2.75, 3.05) is 0 Å². The minimum atomic E-state index is -0.445. The van der Waals surface area contributed by atoms with E-state index >= 15 is 0 Å². The Morgan fingerprint density at radius 1 is 0.348 bits per heavy atom. The molecule has 1 spiro atoms. The van der Waals surface area contributed by atoms with Gasteiger partial charge in [0, 0.05) is 16.5 Å². The molecule has 2 aliphatic carbocycles. The first kappa shape index (κ1) is 24.4. The number of hydrogen-bond acceptors (Lipinski definition) is 1. The topological polar surface area (TPSA) is 9.23 Å². The molecule has 1 nitrogen and oxygen atoms in total. The summed E-state index contributed by atoms with van der Waals surface area (Å²) in [5.74, 6) is 1.84. The molecule has 0 radical (unpaired) electrons. The molecule has 0 amide bonds. The van der Waals surface area contributed by atoms with Crippen molar-refractivity contribution in [3.8, 4) is 56.0 Å². The van der Waals surface area contributed by atoms with Crippen molar-refractivity contribution in [2.24, 2.45) is 0 Å². The first-order chi connectivity index (χ1) is 22.8. The summed E-state index contributed by atoms with van der Waals surface area (Å²) in [5, 5.41) is 5.01. The number of rotatable bonds is 1. The summed E-state index contributed by atoms with van der Waals surface area (Å²) < 4.78 is 6.80. The van der Waals surface area contributed by atoms with Crippen LogP contribution in [0.1, 0.15) is 22.3 Å². The fourth-order valence-electron chi connectivity index (χ4n) is 8.89. The van der Waals surface area contributed by atoms with Gasteiger partial charge in [-0.05, 0) is 90.0 Å². The Morgan fingerprint density at radius 2 is 0.891 bits per heavy atom. The lowest BCUT2D eigenvalue weighted by Crippen LogP contribution is -2.31. The van der Waals surface area contributed by atoms with Crippen LogP contribution in [0, 0.1) is 0 Å². The van der Waals surface area contributed by atoms with E-state index in [2.05, 4.69) is 158 Å². The molecule has 1 aliphatic heterocycles. The van der Waals surface area contributed by atoms with Crippen LogP contribution in [0.15, 0.2) is 158 Å². The molecule has 0 fully saturated rings. The molecule has 8 aromatic carbocycles. The van der Waals surface area contributed by atoms with E-state index in [9.17, 15) is 0 Å². The highest BCUT2D eigenvalue weighted by Gasteiger charge is 2.50. The lowest BCUT2D eigenvalue weighted by molar-refractivity contribution is 0.489. The SMILES string of the molecule is c1ccc2c(c1)Oc1c(-c3ccc4c(c3)C3(c5ccccc5-4)c4ccccc4-c4cccc5cccc3c45)ccc3cccc-2c13. The van der Waals surface area contributed by atoms with Crippen LogP contribution in [-0.2, 0) is 5.41 Å². The van der Waals surface area contributed by atoms with Crippen LogP contribution < -0.4 is 4.74 Å². The smallest absolute Gasteiger partial charge is 0.143 e. The summed E-state index contributed by atoms with van der Waals surface area (Å²) in [6.07, 6.45) is 0. The standard InChI is InChI=1S/C45H26O/c1-4-18-37-31(13-1)33-25-23-29(30-24-22-28-11-8-17-36-34-15-3-6-21-41(34)46-44(30)43(28)36)26-40(33)45(37)38-19-5-2-14-32(38)35-16-7-10-27-12-9-20-39(45)42(27)35/h1-26H. The van der Waals surface area contributed by atoms with Crippen molar-refractivity contribution < 1.29 is 4.74 Å². The molecule has 11 rings (SSSR count). The zero-order valence-corrected chi connectivity index (χ0v) is 24.9. The third-order valence-electron chi connectivity index (χ3n) is 10.7. The van der Waals surface area contributed by atoms with E-state index in [1.807, 2.05) is 0 Å². The fraction of sp³-hybridized carbons (Fsp3) is 0.0222. The maximum absolute atomic E-state index is 6.80. The summed E-state index contributed by atoms with van der Waals surface area (Å²) in [6, 6.07) is 58.3. The molecule has 3 aliphatic rings. The number of fused-ring (bicyclic) bond motifs is 11. The maximum atomic E-state index is 6.80. The van der Waals surface area contributed by atoms with E-state index in [4.69, 9.17) is 4.74 Å². The Morgan fingerprint density at radius 3 is 1.67 bits per heavy atom. The van der Waals surface area contributed by atoms with Crippen molar-refractivity contribution >= 4 is 21.5 Å². The first-order valence-corrected chi connectivity index (χ1v) is 16.0. The van der Waals surface area contributed by atoms with E-state index < -0.39 is 5.41 Å². The highest BCUT2D eigenvalue weighted by molar-refractivity contribution is 6.09.